The smallest absolute Gasteiger partial charge is 0.339 e. The Hall–Kier alpha value is -2.47. The highest BCUT2D eigenvalue weighted by atomic mass is 79.9. The lowest BCUT2D eigenvalue weighted by atomic mass is 10.2. The number of aromatic carboxylic acids is 1. The second kappa shape index (κ2) is 5.49. The average Bonchev–Trinajstić information content (AvgIpc) is 2.47. The number of fused-ring (bicyclic) bond motifs is 1. The van der Waals surface area contributed by atoms with Gasteiger partial charge in [0.05, 0.1) is 5.52 Å². The normalized spacial score (nSPS) is 10.5. The number of carboxylic acid groups (broad SMARTS) is 1. The van der Waals surface area contributed by atoms with Crippen LogP contribution >= 0.6 is 15.9 Å². The van der Waals surface area contributed by atoms with Crippen molar-refractivity contribution in [1.82, 2.24) is 9.97 Å². The van der Waals surface area contributed by atoms with Gasteiger partial charge in [-0.25, -0.2) is 9.78 Å². The van der Waals surface area contributed by atoms with Gasteiger partial charge in [0, 0.05) is 16.1 Å². The predicted octanol–water partition coefficient (Wildman–Crippen LogP) is 3.88. The van der Waals surface area contributed by atoms with Crippen molar-refractivity contribution in [2.24, 2.45) is 0 Å². The number of para-hydroxylation sites is 1. The van der Waals surface area contributed by atoms with Crippen molar-refractivity contribution in [1.29, 1.82) is 0 Å². The van der Waals surface area contributed by atoms with E-state index in [-0.39, 0.29) is 17.3 Å². The molecule has 0 atom stereocenters. The summed E-state index contributed by atoms with van der Waals surface area (Å²) in [5.74, 6) is -0.884. The van der Waals surface area contributed by atoms with E-state index in [4.69, 9.17) is 4.74 Å². The molecule has 5 nitrogen and oxygen atoms in total. The van der Waals surface area contributed by atoms with E-state index in [1.807, 2.05) is 24.3 Å². The summed E-state index contributed by atoms with van der Waals surface area (Å²) < 4.78 is 6.24. The van der Waals surface area contributed by atoms with Gasteiger partial charge in [-0.05, 0) is 24.3 Å². The minimum absolute atomic E-state index is 0.0509. The van der Waals surface area contributed by atoms with Crippen LogP contribution in [0.2, 0.25) is 0 Å². The lowest BCUT2D eigenvalue weighted by Gasteiger charge is -2.08. The molecule has 3 rings (SSSR count). The first-order chi connectivity index (χ1) is 10.1. The zero-order valence-electron chi connectivity index (χ0n) is 10.7. The van der Waals surface area contributed by atoms with Crippen molar-refractivity contribution in [2.75, 3.05) is 0 Å². The van der Waals surface area contributed by atoms with E-state index < -0.39 is 5.97 Å². The summed E-state index contributed by atoms with van der Waals surface area (Å²) in [6.45, 7) is 0. The van der Waals surface area contributed by atoms with Gasteiger partial charge in [-0.15, -0.1) is 0 Å². The Morgan fingerprint density at radius 3 is 2.81 bits per heavy atom. The number of carbonyl (C=O) groups is 1. The van der Waals surface area contributed by atoms with E-state index in [1.54, 1.807) is 18.3 Å². The largest absolute Gasteiger partial charge is 0.478 e. The fourth-order valence-corrected chi connectivity index (χ4v) is 2.20. The van der Waals surface area contributed by atoms with Gasteiger partial charge in [0.1, 0.15) is 11.3 Å². The maximum atomic E-state index is 11.2. The van der Waals surface area contributed by atoms with Gasteiger partial charge in [0.25, 0.3) is 0 Å². The van der Waals surface area contributed by atoms with E-state index in [0.29, 0.717) is 4.47 Å². The SMILES string of the molecule is O=C(O)c1ccc(Br)cc1Oc1ncc2ccccc2n1. The molecule has 0 saturated carbocycles. The van der Waals surface area contributed by atoms with Gasteiger partial charge in [-0.1, -0.05) is 34.1 Å². The molecule has 0 fully saturated rings. The number of benzene rings is 2. The van der Waals surface area contributed by atoms with Crippen molar-refractivity contribution in [3.8, 4) is 11.8 Å². The molecule has 1 heterocycles. The summed E-state index contributed by atoms with van der Waals surface area (Å²) in [5.41, 5.74) is 0.782. The zero-order valence-corrected chi connectivity index (χ0v) is 12.2. The van der Waals surface area contributed by atoms with Gasteiger partial charge in [-0.3, -0.25) is 0 Å². The number of nitrogens with zero attached hydrogens (tertiary/aromatic N) is 2. The first kappa shape index (κ1) is 13.5. The van der Waals surface area contributed by atoms with Gasteiger partial charge in [-0.2, -0.15) is 4.98 Å². The van der Waals surface area contributed by atoms with Crippen molar-refractivity contribution in [3.63, 3.8) is 0 Å². The second-order valence-corrected chi connectivity index (χ2v) is 5.17. The Balaban J connectivity index is 2.02. The van der Waals surface area contributed by atoms with Crippen molar-refractivity contribution in [2.45, 2.75) is 0 Å². The molecular formula is C15H9BrN2O3. The Kier molecular flexibility index (Phi) is 3.53. The molecule has 3 aromatic rings. The molecule has 0 saturated heterocycles. The van der Waals surface area contributed by atoms with E-state index in [9.17, 15) is 9.90 Å². The molecule has 0 aliphatic heterocycles. The summed E-state index contributed by atoms with van der Waals surface area (Å²) in [4.78, 5) is 19.5. The topological polar surface area (TPSA) is 72.3 Å². The highest BCUT2D eigenvalue weighted by Gasteiger charge is 2.13. The Morgan fingerprint density at radius 2 is 2.00 bits per heavy atom. The molecule has 0 bridgehead atoms. The van der Waals surface area contributed by atoms with Crippen LogP contribution in [0.3, 0.4) is 0 Å². The molecule has 2 aromatic carbocycles. The molecule has 0 unspecified atom stereocenters. The van der Waals surface area contributed by atoms with E-state index in [1.165, 1.54) is 6.07 Å². The minimum atomic E-state index is -1.07. The Morgan fingerprint density at radius 1 is 1.19 bits per heavy atom. The van der Waals surface area contributed by atoms with Crippen LogP contribution in [0, 0.1) is 0 Å². The quantitative estimate of drug-likeness (QED) is 0.780. The van der Waals surface area contributed by atoms with Crippen LogP contribution in [0.25, 0.3) is 10.9 Å². The number of carboxylic acids is 1. The standard InChI is InChI=1S/C15H9BrN2O3/c16-10-5-6-11(14(19)20)13(7-10)21-15-17-8-9-3-1-2-4-12(9)18-15/h1-8H,(H,19,20). The van der Waals surface area contributed by atoms with Gasteiger partial charge in [0.2, 0.25) is 0 Å². The molecule has 1 aromatic heterocycles. The monoisotopic (exact) mass is 344 g/mol. The van der Waals surface area contributed by atoms with Gasteiger partial charge in [0.15, 0.2) is 0 Å². The third-order valence-electron chi connectivity index (χ3n) is 2.84. The van der Waals surface area contributed by atoms with Gasteiger partial charge >= 0.3 is 12.0 Å². The van der Waals surface area contributed by atoms with E-state index in [2.05, 4.69) is 25.9 Å². The number of hydrogen-bond acceptors (Lipinski definition) is 4. The Labute approximate surface area is 128 Å². The summed E-state index contributed by atoms with van der Waals surface area (Å²) in [5, 5.41) is 10.1. The second-order valence-electron chi connectivity index (χ2n) is 4.26. The lowest BCUT2D eigenvalue weighted by Crippen LogP contribution is -2.01. The highest BCUT2D eigenvalue weighted by molar-refractivity contribution is 9.10. The van der Waals surface area contributed by atoms with Crippen LogP contribution in [0.4, 0.5) is 0 Å². The summed E-state index contributed by atoms with van der Waals surface area (Å²) in [7, 11) is 0. The van der Waals surface area contributed by atoms with Crippen LogP contribution < -0.4 is 4.74 Å². The number of ether oxygens (including phenoxy) is 1. The number of hydrogen-bond donors (Lipinski definition) is 1. The Bertz CT molecular complexity index is 836. The van der Waals surface area contributed by atoms with Gasteiger partial charge < -0.3 is 9.84 Å². The number of rotatable bonds is 3. The summed E-state index contributed by atoms with van der Waals surface area (Å²) >= 11 is 3.28. The molecule has 6 heteroatoms. The van der Waals surface area contributed by atoms with Crippen molar-refractivity contribution in [3.05, 3.63) is 58.7 Å². The van der Waals surface area contributed by atoms with Crippen molar-refractivity contribution < 1.29 is 14.6 Å². The lowest BCUT2D eigenvalue weighted by molar-refractivity contribution is 0.0694. The van der Waals surface area contributed by atoms with Crippen LogP contribution in [0.5, 0.6) is 11.8 Å². The molecule has 0 spiro atoms. The molecule has 21 heavy (non-hydrogen) atoms. The third kappa shape index (κ3) is 2.85. The average molecular weight is 345 g/mol. The number of aromatic nitrogens is 2. The van der Waals surface area contributed by atoms with Crippen molar-refractivity contribution >= 4 is 32.8 Å². The van der Waals surface area contributed by atoms with E-state index in [0.717, 1.165) is 10.9 Å². The third-order valence-corrected chi connectivity index (χ3v) is 3.34. The number of halogens is 1. The van der Waals surface area contributed by atoms with Crippen LogP contribution in [0.1, 0.15) is 10.4 Å². The predicted molar refractivity (Wildman–Crippen MR) is 80.7 cm³/mol. The molecule has 0 aliphatic rings. The summed E-state index contributed by atoms with van der Waals surface area (Å²) in [6.07, 6.45) is 1.64. The minimum Gasteiger partial charge on any atom is -0.478 e. The van der Waals surface area contributed by atoms with E-state index >= 15 is 0 Å². The van der Waals surface area contributed by atoms with Crippen LogP contribution in [-0.4, -0.2) is 21.0 Å². The maximum absolute atomic E-state index is 11.2. The first-order valence-electron chi connectivity index (χ1n) is 6.06. The molecule has 1 N–H and O–H groups in total. The molecule has 0 radical (unpaired) electrons. The fraction of sp³-hybridized carbons (Fsp3) is 0. The highest BCUT2D eigenvalue weighted by Crippen LogP contribution is 2.27. The molecule has 104 valence electrons. The van der Waals surface area contributed by atoms with Crippen LogP contribution in [-0.2, 0) is 0 Å². The molecule has 0 amide bonds. The van der Waals surface area contributed by atoms with Crippen LogP contribution in [0.15, 0.2) is 53.1 Å². The fourth-order valence-electron chi connectivity index (χ4n) is 1.86. The maximum Gasteiger partial charge on any atom is 0.339 e. The zero-order chi connectivity index (χ0) is 14.8. The molecule has 0 aliphatic carbocycles. The first-order valence-corrected chi connectivity index (χ1v) is 6.85. The summed E-state index contributed by atoms with van der Waals surface area (Å²) in [6, 6.07) is 12.3. The molecular weight excluding hydrogens is 336 g/mol.